The minimum absolute atomic E-state index is 0.231. The maximum absolute atomic E-state index is 4.32. The lowest BCUT2D eigenvalue weighted by atomic mass is 10.1. The number of hydrogen-bond donors (Lipinski definition) is 0. The summed E-state index contributed by atoms with van der Waals surface area (Å²) >= 11 is 0. The summed E-state index contributed by atoms with van der Waals surface area (Å²) in [5.41, 5.74) is 3.19. The Balaban J connectivity index is 1.84. The van der Waals surface area contributed by atoms with Gasteiger partial charge in [0.15, 0.2) is 0 Å². The van der Waals surface area contributed by atoms with Gasteiger partial charge >= 0.3 is 0 Å². The molecule has 4 rings (SSSR count). The summed E-state index contributed by atoms with van der Waals surface area (Å²) < 4.78 is 4.12. The van der Waals surface area contributed by atoms with Crippen LogP contribution in [0, 0.1) is 0 Å². The van der Waals surface area contributed by atoms with Crippen molar-refractivity contribution in [3.63, 3.8) is 0 Å². The molecule has 22 heavy (non-hydrogen) atoms. The molecule has 108 valence electrons. The third-order valence-corrected chi connectivity index (χ3v) is 4.02. The topological polar surface area (TPSA) is 35.6 Å². The van der Waals surface area contributed by atoms with Gasteiger partial charge in [-0.1, -0.05) is 47.7 Å². The molecule has 0 N–H and O–H groups in total. The highest BCUT2D eigenvalue weighted by atomic mass is 15.5. The van der Waals surface area contributed by atoms with E-state index in [-0.39, 0.29) is 6.04 Å². The summed E-state index contributed by atoms with van der Waals surface area (Å²) in [6.45, 7) is 2.19. The summed E-state index contributed by atoms with van der Waals surface area (Å²) in [6.07, 6.45) is 2.09. The molecule has 0 amide bonds. The molecule has 0 fully saturated rings. The molecule has 0 saturated heterocycles. The molecule has 0 unspecified atom stereocenters. The van der Waals surface area contributed by atoms with Crippen molar-refractivity contribution in [1.82, 2.24) is 19.6 Å². The summed E-state index contributed by atoms with van der Waals surface area (Å²) in [5.74, 6) is 1.02. The van der Waals surface area contributed by atoms with Crippen LogP contribution in [-0.4, -0.2) is 19.6 Å². The highest BCUT2D eigenvalue weighted by Crippen LogP contribution is 2.24. The smallest absolute Gasteiger partial charge is 0.137 e. The Morgan fingerprint density at radius 3 is 2.50 bits per heavy atom. The van der Waals surface area contributed by atoms with Gasteiger partial charge in [0.25, 0.3) is 0 Å². The zero-order chi connectivity index (χ0) is 14.9. The fraction of sp³-hybridized carbons (Fsp3) is 0.111. The van der Waals surface area contributed by atoms with Crippen molar-refractivity contribution in [3.8, 4) is 5.82 Å². The van der Waals surface area contributed by atoms with Gasteiger partial charge in [0.2, 0.25) is 0 Å². The summed E-state index contributed by atoms with van der Waals surface area (Å²) in [6, 6.07) is 22.8. The van der Waals surface area contributed by atoms with E-state index < -0.39 is 0 Å². The molecular weight excluding hydrogens is 272 g/mol. The van der Waals surface area contributed by atoms with Crippen molar-refractivity contribution < 1.29 is 0 Å². The minimum atomic E-state index is 0.231. The van der Waals surface area contributed by atoms with Crippen molar-refractivity contribution in [2.75, 3.05) is 0 Å². The standard InChI is InChI=1S/C18H16N4/c1-14(15-8-3-2-4-9-15)21-13-7-12-18(21)22-17-11-6-5-10-16(17)19-20-22/h2-14H,1H3/t14-/m0/s1. The second-order valence-electron chi connectivity index (χ2n) is 5.35. The van der Waals surface area contributed by atoms with E-state index in [2.05, 4.69) is 58.3 Å². The number of benzene rings is 2. The maximum Gasteiger partial charge on any atom is 0.137 e. The Kier molecular flexibility index (Phi) is 3.00. The molecule has 2 aromatic carbocycles. The molecule has 0 saturated carbocycles. The largest absolute Gasteiger partial charge is 0.326 e. The van der Waals surface area contributed by atoms with Crippen molar-refractivity contribution >= 4 is 11.0 Å². The minimum Gasteiger partial charge on any atom is -0.326 e. The first-order valence-corrected chi connectivity index (χ1v) is 7.37. The Bertz CT molecular complexity index is 905. The molecule has 4 nitrogen and oxygen atoms in total. The lowest BCUT2D eigenvalue weighted by Crippen LogP contribution is -2.11. The van der Waals surface area contributed by atoms with E-state index in [0.717, 1.165) is 16.9 Å². The number of fused-ring (bicyclic) bond motifs is 1. The van der Waals surface area contributed by atoms with Gasteiger partial charge in [-0.3, -0.25) is 0 Å². The third kappa shape index (κ3) is 2.00. The van der Waals surface area contributed by atoms with Crippen LogP contribution in [0.3, 0.4) is 0 Å². The van der Waals surface area contributed by atoms with Crippen molar-refractivity contribution in [3.05, 3.63) is 78.5 Å². The van der Waals surface area contributed by atoms with E-state index in [0.29, 0.717) is 0 Å². The van der Waals surface area contributed by atoms with Crippen LogP contribution in [0.1, 0.15) is 18.5 Å². The molecule has 0 bridgehead atoms. The molecule has 1 atom stereocenters. The van der Waals surface area contributed by atoms with E-state index in [9.17, 15) is 0 Å². The predicted octanol–water partition coefficient (Wildman–Crippen LogP) is 3.83. The average Bonchev–Trinajstić information content (AvgIpc) is 3.21. The Hall–Kier alpha value is -2.88. The van der Waals surface area contributed by atoms with Crippen LogP contribution in [0.5, 0.6) is 0 Å². The normalized spacial score (nSPS) is 12.6. The molecule has 0 radical (unpaired) electrons. The van der Waals surface area contributed by atoms with E-state index in [1.165, 1.54) is 5.56 Å². The number of para-hydroxylation sites is 1. The van der Waals surface area contributed by atoms with E-state index >= 15 is 0 Å². The fourth-order valence-electron chi connectivity index (χ4n) is 2.82. The third-order valence-electron chi connectivity index (χ3n) is 4.02. The van der Waals surface area contributed by atoms with Crippen LogP contribution in [0.25, 0.3) is 16.9 Å². The van der Waals surface area contributed by atoms with E-state index in [4.69, 9.17) is 0 Å². The predicted molar refractivity (Wildman–Crippen MR) is 87.1 cm³/mol. The molecule has 0 aliphatic heterocycles. The quantitative estimate of drug-likeness (QED) is 0.574. The van der Waals surface area contributed by atoms with Gasteiger partial charge in [0, 0.05) is 6.20 Å². The first-order valence-electron chi connectivity index (χ1n) is 7.37. The van der Waals surface area contributed by atoms with Gasteiger partial charge in [0.1, 0.15) is 11.3 Å². The Morgan fingerprint density at radius 1 is 0.864 bits per heavy atom. The fourth-order valence-corrected chi connectivity index (χ4v) is 2.82. The van der Waals surface area contributed by atoms with Gasteiger partial charge in [0.05, 0.1) is 11.6 Å². The van der Waals surface area contributed by atoms with Crippen LogP contribution >= 0.6 is 0 Å². The first-order chi connectivity index (χ1) is 10.8. The monoisotopic (exact) mass is 288 g/mol. The van der Waals surface area contributed by atoms with E-state index in [1.807, 2.05) is 41.1 Å². The molecule has 2 heterocycles. The van der Waals surface area contributed by atoms with Crippen LogP contribution in [-0.2, 0) is 0 Å². The second-order valence-corrected chi connectivity index (χ2v) is 5.35. The summed E-state index contributed by atoms with van der Waals surface area (Å²) in [5, 5.41) is 8.57. The van der Waals surface area contributed by atoms with E-state index in [1.54, 1.807) is 0 Å². The zero-order valence-corrected chi connectivity index (χ0v) is 12.3. The molecule has 0 aliphatic rings. The van der Waals surface area contributed by atoms with Gasteiger partial charge in [-0.25, -0.2) is 0 Å². The van der Waals surface area contributed by atoms with Gasteiger partial charge in [-0.2, -0.15) is 4.68 Å². The van der Waals surface area contributed by atoms with Crippen molar-refractivity contribution in [1.29, 1.82) is 0 Å². The SMILES string of the molecule is C[C@@H](c1ccccc1)n1cccc1-n1nnc2ccccc21. The van der Waals surface area contributed by atoms with Crippen molar-refractivity contribution in [2.45, 2.75) is 13.0 Å². The molecule has 0 spiro atoms. The lowest BCUT2D eigenvalue weighted by molar-refractivity contribution is 0.610. The van der Waals surface area contributed by atoms with Crippen LogP contribution < -0.4 is 0 Å². The highest BCUT2D eigenvalue weighted by molar-refractivity contribution is 5.75. The summed E-state index contributed by atoms with van der Waals surface area (Å²) in [7, 11) is 0. The molecule has 4 heteroatoms. The maximum atomic E-state index is 4.32. The molecular formula is C18H16N4. The molecule has 2 aromatic heterocycles. The zero-order valence-electron chi connectivity index (χ0n) is 12.3. The highest BCUT2D eigenvalue weighted by Gasteiger charge is 2.14. The van der Waals surface area contributed by atoms with Gasteiger partial charge in [-0.15, -0.1) is 5.10 Å². The summed E-state index contributed by atoms with van der Waals surface area (Å²) in [4.78, 5) is 0. The first kappa shape index (κ1) is 12.8. The number of hydrogen-bond acceptors (Lipinski definition) is 2. The second kappa shape index (κ2) is 5.15. The van der Waals surface area contributed by atoms with Crippen molar-refractivity contribution in [2.24, 2.45) is 0 Å². The number of aromatic nitrogens is 4. The Morgan fingerprint density at radius 2 is 1.64 bits per heavy atom. The average molecular weight is 288 g/mol. The number of rotatable bonds is 3. The lowest BCUT2D eigenvalue weighted by Gasteiger charge is -2.17. The van der Waals surface area contributed by atoms with Crippen LogP contribution in [0.4, 0.5) is 0 Å². The van der Waals surface area contributed by atoms with Crippen LogP contribution in [0.2, 0.25) is 0 Å². The van der Waals surface area contributed by atoms with Gasteiger partial charge in [-0.05, 0) is 36.8 Å². The Labute approximate surface area is 128 Å². The van der Waals surface area contributed by atoms with Crippen LogP contribution in [0.15, 0.2) is 72.9 Å². The van der Waals surface area contributed by atoms with Gasteiger partial charge < -0.3 is 4.57 Å². The molecule has 4 aromatic rings. The number of nitrogens with zero attached hydrogens (tertiary/aromatic N) is 4. The molecule has 0 aliphatic carbocycles.